The second-order valence-corrected chi connectivity index (χ2v) is 8.88. The summed E-state index contributed by atoms with van der Waals surface area (Å²) in [5.74, 6) is -3.07. The van der Waals surface area contributed by atoms with Crippen molar-refractivity contribution >= 4 is 17.4 Å². The van der Waals surface area contributed by atoms with Gasteiger partial charge in [-0.15, -0.1) is 0 Å². The van der Waals surface area contributed by atoms with E-state index in [4.69, 9.17) is 14.2 Å². The van der Waals surface area contributed by atoms with E-state index < -0.39 is 17.7 Å². The van der Waals surface area contributed by atoms with Crippen molar-refractivity contribution in [3.63, 3.8) is 0 Å². The first-order valence-electron chi connectivity index (χ1n) is 11.2. The van der Waals surface area contributed by atoms with E-state index in [1.807, 2.05) is 80.4 Å². The number of benzene rings is 2. The molecular formula is C26H33NO6. The summed E-state index contributed by atoms with van der Waals surface area (Å²) in [5.41, 5.74) is 3.02. The number of carboxylic acids is 1. The summed E-state index contributed by atoms with van der Waals surface area (Å²) in [6, 6.07) is 17.8. The van der Waals surface area contributed by atoms with Crippen LogP contribution in [-0.4, -0.2) is 48.6 Å². The second-order valence-electron chi connectivity index (χ2n) is 8.88. The first-order chi connectivity index (χ1) is 15.7. The highest BCUT2D eigenvalue weighted by Crippen LogP contribution is 2.32. The summed E-state index contributed by atoms with van der Waals surface area (Å²) in [4.78, 5) is 24.8. The number of carboxylic acid groups (broad SMARTS) is 1. The molecule has 1 aliphatic heterocycles. The van der Waals surface area contributed by atoms with Crippen LogP contribution in [0.25, 0.3) is 0 Å². The van der Waals surface area contributed by atoms with Crippen molar-refractivity contribution < 1.29 is 28.9 Å². The maximum atomic E-state index is 11.5. The Morgan fingerprint density at radius 2 is 1.73 bits per heavy atom. The van der Waals surface area contributed by atoms with Gasteiger partial charge in [0, 0.05) is 12.7 Å². The van der Waals surface area contributed by atoms with E-state index in [0.29, 0.717) is 19.6 Å². The van der Waals surface area contributed by atoms with Gasteiger partial charge in [0.2, 0.25) is 0 Å². The molecule has 0 aliphatic carbocycles. The van der Waals surface area contributed by atoms with Gasteiger partial charge >= 0.3 is 5.97 Å². The van der Waals surface area contributed by atoms with Crippen LogP contribution in [0.2, 0.25) is 0 Å². The van der Waals surface area contributed by atoms with E-state index in [9.17, 15) is 14.7 Å². The van der Waals surface area contributed by atoms with Crippen molar-refractivity contribution in [1.82, 2.24) is 0 Å². The zero-order valence-corrected chi connectivity index (χ0v) is 19.7. The fourth-order valence-electron chi connectivity index (χ4n) is 3.99. The Kier molecular flexibility index (Phi) is 8.24. The van der Waals surface area contributed by atoms with Gasteiger partial charge in [0.25, 0.3) is 0 Å². The van der Waals surface area contributed by atoms with E-state index in [-0.39, 0.29) is 24.5 Å². The third-order valence-electron chi connectivity index (χ3n) is 5.79. The van der Waals surface area contributed by atoms with Crippen molar-refractivity contribution in [3.05, 3.63) is 65.7 Å². The smallest absolute Gasteiger partial charge is 0.314 e. The third-order valence-corrected chi connectivity index (χ3v) is 5.79. The quantitative estimate of drug-likeness (QED) is 0.512. The topological polar surface area (TPSA) is 85.3 Å². The van der Waals surface area contributed by atoms with Gasteiger partial charge in [0.1, 0.15) is 17.8 Å². The van der Waals surface area contributed by atoms with Crippen LogP contribution < -0.4 is 4.90 Å². The molecule has 1 aliphatic rings. The molecule has 1 fully saturated rings. The van der Waals surface area contributed by atoms with Crippen LogP contribution in [0.5, 0.6) is 0 Å². The molecule has 1 heterocycles. The molecule has 7 heteroatoms. The first-order valence-corrected chi connectivity index (χ1v) is 11.2. The minimum Gasteiger partial charge on any atom is -0.481 e. The minimum atomic E-state index is -1.07. The van der Waals surface area contributed by atoms with Gasteiger partial charge in [0.15, 0.2) is 12.0 Å². The number of nitrogens with zero attached hydrogens (tertiary/aromatic N) is 1. The van der Waals surface area contributed by atoms with Gasteiger partial charge in [-0.25, -0.2) is 0 Å². The van der Waals surface area contributed by atoms with Gasteiger partial charge in [-0.3, -0.25) is 9.59 Å². The zero-order chi connectivity index (χ0) is 24.0. The summed E-state index contributed by atoms with van der Waals surface area (Å²) in [6.45, 7) is 6.00. The first kappa shape index (κ1) is 24.9. The van der Waals surface area contributed by atoms with Crippen molar-refractivity contribution in [3.8, 4) is 0 Å². The summed E-state index contributed by atoms with van der Waals surface area (Å²) in [6.07, 6.45) is 0.220. The average molecular weight is 456 g/mol. The maximum Gasteiger partial charge on any atom is 0.314 e. The highest BCUT2D eigenvalue weighted by atomic mass is 16.8. The number of ether oxygens (including phenoxy) is 3. The van der Waals surface area contributed by atoms with Crippen molar-refractivity contribution in [1.29, 1.82) is 0 Å². The van der Waals surface area contributed by atoms with Gasteiger partial charge in [0.05, 0.1) is 13.2 Å². The maximum absolute atomic E-state index is 11.5. The summed E-state index contributed by atoms with van der Waals surface area (Å²) in [7, 11) is 1.95. The molecule has 3 atom stereocenters. The zero-order valence-electron chi connectivity index (χ0n) is 19.7. The molecule has 0 amide bonds. The SMILES string of the molecule is CC(=O)C(CCc1ccc(N(C)C2OC(C)(C)OC2COCc2ccccc2)cc1)C(=O)O. The van der Waals surface area contributed by atoms with Gasteiger partial charge in [-0.05, 0) is 56.9 Å². The summed E-state index contributed by atoms with van der Waals surface area (Å²) in [5, 5.41) is 9.19. The number of likely N-dealkylation sites (N-methyl/N-ethyl adjacent to an activating group) is 1. The number of rotatable bonds is 11. The number of carbonyl (C=O) groups is 2. The molecule has 3 rings (SSSR count). The molecule has 3 unspecified atom stereocenters. The van der Waals surface area contributed by atoms with Gasteiger partial charge in [-0.2, -0.15) is 0 Å². The molecule has 1 N–H and O–H groups in total. The van der Waals surface area contributed by atoms with E-state index in [0.717, 1.165) is 16.8 Å². The summed E-state index contributed by atoms with van der Waals surface area (Å²) < 4.78 is 18.2. The number of hydrogen-bond acceptors (Lipinski definition) is 6. The average Bonchev–Trinajstić information content (AvgIpc) is 3.08. The third kappa shape index (κ3) is 6.87. The number of hydrogen-bond donors (Lipinski definition) is 1. The summed E-state index contributed by atoms with van der Waals surface area (Å²) >= 11 is 0. The molecule has 7 nitrogen and oxygen atoms in total. The van der Waals surface area contributed by atoms with Crippen LogP contribution in [-0.2, 0) is 36.8 Å². The molecule has 2 aromatic rings. The van der Waals surface area contributed by atoms with E-state index in [1.54, 1.807) is 0 Å². The van der Waals surface area contributed by atoms with E-state index in [1.165, 1.54) is 6.92 Å². The van der Waals surface area contributed by atoms with Crippen LogP contribution in [0.3, 0.4) is 0 Å². The van der Waals surface area contributed by atoms with E-state index in [2.05, 4.69) is 0 Å². The Bertz CT molecular complexity index is 914. The van der Waals surface area contributed by atoms with Crippen LogP contribution in [0.1, 0.15) is 38.3 Å². The predicted molar refractivity (Wildman–Crippen MR) is 125 cm³/mol. The lowest BCUT2D eigenvalue weighted by Crippen LogP contribution is -2.41. The van der Waals surface area contributed by atoms with Crippen LogP contribution in [0.4, 0.5) is 5.69 Å². The Labute approximate surface area is 195 Å². The molecule has 1 saturated heterocycles. The van der Waals surface area contributed by atoms with Crippen molar-refractivity contribution in [2.24, 2.45) is 5.92 Å². The monoisotopic (exact) mass is 455 g/mol. The molecule has 0 bridgehead atoms. The van der Waals surface area contributed by atoms with Gasteiger partial charge in [-0.1, -0.05) is 42.5 Å². The Balaban J connectivity index is 1.60. The number of carbonyl (C=O) groups excluding carboxylic acids is 1. The van der Waals surface area contributed by atoms with E-state index >= 15 is 0 Å². The molecule has 178 valence electrons. The molecule has 0 spiro atoms. The Morgan fingerprint density at radius 3 is 2.33 bits per heavy atom. The largest absolute Gasteiger partial charge is 0.481 e. The number of ketones is 1. The Hall–Kier alpha value is -2.74. The number of anilines is 1. The molecule has 2 aromatic carbocycles. The van der Waals surface area contributed by atoms with Crippen LogP contribution in [0.15, 0.2) is 54.6 Å². The molecule has 33 heavy (non-hydrogen) atoms. The van der Waals surface area contributed by atoms with Crippen molar-refractivity contribution in [2.75, 3.05) is 18.6 Å². The van der Waals surface area contributed by atoms with Crippen molar-refractivity contribution in [2.45, 2.75) is 58.3 Å². The fourth-order valence-corrected chi connectivity index (χ4v) is 3.99. The molecule has 0 aromatic heterocycles. The lowest BCUT2D eigenvalue weighted by Gasteiger charge is -2.29. The molecule has 0 saturated carbocycles. The number of aliphatic carboxylic acids is 1. The highest BCUT2D eigenvalue weighted by Gasteiger charge is 2.43. The number of aryl methyl sites for hydroxylation is 1. The lowest BCUT2D eigenvalue weighted by molar-refractivity contribution is -0.151. The van der Waals surface area contributed by atoms with Gasteiger partial charge < -0.3 is 24.2 Å². The van der Waals surface area contributed by atoms with Crippen LogP contribution >= 0.6 is 0 Å². The second kappa shape index (κ2) is 10.9. The Morgan fingerprint density at radius 1 is 1.06 bits per heavy atom. The fraction of sp³-hybridized carbons (Fsp3) is 0.462. The standard InChI is InChI=1S/C26H33NO6/c1-18(28)22(25(29)30)15-12-19-10-13-21(14-11-19)27(4)24-23(32-26(2,3)33-24)17-31-16-20-8-6-5-7-9-20/h5-11,13-14,22-24H,12,15-17H2,1-4H3,(H,29,30). The molecular weight excluding hydrogens is 422 g/mol. The minimum absolute atomic E-state index is 0.264. The molecule has 0 radical (unpaired) electrons. The van der Waals surface area contributed by atoms with Crippen LogP contribution in [0, 0.1) is 5.92 Å². The predicted octanol–water partition coefficient (Wildman–Crippen LogP) is 4.04. The lowest BCUT2D eigenvalue weighted by atomic mass is 9.96. The number of Topliss-reactive ketones (excluding diaryl/α,β-unsaturated/α-hetero) is 1. The normalized spacial score (nSPS) is 20.4. The highest BCUT2D eigenvalue weighted by molar-refractivity contribution is 5.96.